The number of hydrogen-bond donors (Lipinski definition) is 10. The number of nitrogens with zero attached hydrogens (tertiary/aromatic N) is 6. The fourth-order valence-electron chi connectivity index (χ4n) is 4.98. The third-order valence-electron chi connectivity index (χ3n) is 7.22. The van der Waals surface area contributed by atoms with Gasteiger partial charge in [-0.2, -0.15) is 0 Å². The van der Waals surface area contributed by atoms with Crippen LogP contribution in [0, 0.1) is 0 Å². The van der Waals surface area contributed by atoms with Crippen molar-refractivity contribution in [1.82, 2.24) is 61.8 Å². The molecule has 3 heterocycles. The quantitative estimate of drug-likeness (QED) is 0.0483. The first-order valence-electron chi connectivity index (χ1n) is 14.2. The lowest BCUT2D eigenvalue weighted by molar-refractivity contribution is -0.177. The molecule has 0 radical (unpaired) electrons. The minimum absolute atomic E-state index is 0.175. The highest BCUT2D eigenvalue weighted by molar-refractivity contribution is 6.47. The first-order chi connectivity index (χ1) is 20.3. The Morgan fingerprint density at radius 2 is 1.23 bits per heavy atom. The first kappa shape index (κ1) is 35.1. The van der Waals surface area contributed by atoms with Gasteiger partial charge in [-0.3, -0.25) is 55.6 Å². The summed E-state index contributed by atoms with van der Waals surface area (Å²) in [4.78, 5) is 59.4. The fraction of sp³-hybridized carbons (Fsp3) is 0.789. The third-order valence-corrected chi connectivity index (χ3v) is 7.22. The highest BCUT2D eigenvalue weighted by atomic mass is 16.2. The summed E-state index contributed by atoms with van der Waals surface area (Å²) in [5.41, 5.74) is 9.90. The molecule has 238 valence electrons. The van der Waals surface area contributed by atoms with Crippen LogP contribution >= 0.6 is 0 Å². The van der Waals surface area contributed by atoms with Crippen LogP contribution in [0.2, 0.25) is 27.3 Å². The summed E-state index contributed by atoms with van der Waals surface area (Å²) in [6.45, 7) is 7.80. The number of hydrazine groups is 4. The van der Waals surface area contributed by atoms with E-state index in [1.165, 1.54) is 42.1 Å². The molecule has 0 spiro atoms. The molecule has 3 aliphatic rings. The predicted molar refractivity (Wildman–Crippen MR) is 157 cm³/mol. The van der Waals surface area contributed by atoms with Gasteiger partial charge >= 0.3 is 28.2 Å². The van der Waals surface area contributed by atoms with E-state index in [0.29, 0.717) is 26.2 Å². The van der Waals surface area contributed by atoms with E-state index in [1.54, 1.807) is 16.8 Å². The van der Waals surface area contributed by atoms with Gasteiger partial charge in [0.1, 0.15) is 0 Å². The van der Waals surface area contributed by atoms with Crippen LogP contribution in [0.4, 0.5) is 0 Å². The van der Waals surface area contributed by atoms with Gasteiger partial charge in [-0.1, -0.05) is 0 Å². The molecule has 20 nitrogen and oxygen atoms in total. The van der Waals surface area contributed by atoms with Crippen molar-refractivity contribution in [3.05, 3.63) is 0 Å². The maximum absolute atomic E-state index is 12.6. The Balaban J connectivity index is 1.75. The van der Waals surface area contributed by atoms with Crippen molar-refractivity contribution in [2.24, 2.45) is 0 Å². The lowest BCUT2D eigenvalue weighted by atomic mass is 9.83. The summed E-state index contributed by atoms with van der Waals surface area (Å²) in [7, 11) is -2.31. The summed E-state index contributed by atoms with van der Waals surface area (Å²) in [5.74, 6) is -1.73. The number of hydrogen-bond acceptors (Lipinski definition) is 16. The van der Waals surface area contributed by atoms with Crippen LogP contribution in [0.5, 0.6) is 0 Å². The van der Waals surface area contributed by atoms with E-state index in [2.05, 4.69) is 32.4 Å². The SMILES string of the molecule is CNCCN(CCN(CC(=O)NNB(C)O)C1C(=O)NN1B(C)O)CCN(C1C(=O)NN1B(C)O)C1C(=O)NN1B(C)O. The minimum atomic E-state index is -1.04. The average molecular weight is 610 g/mol. The van der Waals surface area contributed by atoms with Crippen molar-refractivity contribution >= 4 is 51.8 Å². The molecule has 0 saturated carbocycles. The van der Waals surface area contributed by atoms with Crippen LogP contribution in [0.1, 0.15) is 0 Å². The molecule has 4 amide bonds. The molecular formula is C19H42B4N12O8. The molecule has 3 fully saturated rings. The Hall–Kier alpha value is -2.34. The molecule has 3 rings (SSSR count). The summed E-state index contributed by atoms with van der Waals surface area (Å²) in [6, 6.07) is 0. The zero-order valence-electron chi connectivity index (χ0n) is 25.1. The van der Waals surface area contributed by atoms with Crippen LogP contribution in [-0.2, 0) is 19.2 Å². The van der Waals surface area contributed by atoms with Crippen molar-refractivity contribution < 1.29 is 39.3 Å². The molecule has 3 saturated heterocycles. The average Bonchev–Trinajstić information content (AvgIpc) is 2.90. The summed E-state index contributed by atoms with van der Waals surface area (Å²) in [5, 5.41) is 45.3. The lowest BCUT2D eigenvalue weighted by Crippen LogP contribution is -2.84. The Bertz CT molecular complexity index is 969. The third kappa shape index (κ3) is 8.65. The molecular weight excluding hydrogens is 568 g/mol. The number of rotatable bonds is 19. The number of carbonyl (C=O) groups is 4. The first-order valence-corrected chi connectivity index (χ1v) is 14.2. The van der Waals surface area contributed by atoms with Gasteiger partial charge < -0.3 is 25.4 Å². The van der Waals surface area contributed by atoms with Gasteiger partial charge in [0.15, 0.2) is 18.5 Å². The minimum Gasteiger partial charge on any atom is -0.436 e. The highest BCUT2D eigenvalue weighted by Gasteiger charge is 2.54. The highest BCUT2D eigenvalue weighted by Crippen LogP contribution is 2.23. The van der Waals surface area contributed by atoms with Gasteiger partial charge in [0.25, 0.3) is 17.7 Å². The molecule has 43 heavy (non-hydrogen) atoms. The van der Waals surface area contributed by atoms with Gasteiger partial charge in [-0.15, -0.1) is 0 Å². The lowest BCUT2D eigenvalue weighted by Gasteiger charge is -2.54. The monoisotopic (exact) mass is 610 g/mol. The van der Waals surface area contributed by atoms with E-state index in [-0.39, 0.29) is 19.6 Å². The van der Waals surface area contributed by atoms with Crippen LogP contribution in [0.15, 0.2) is 0 Å². The topological polar surface area (TPSA) is 241 Å². The van der Waals surface area contributed by atoms with Crippen molar-refractivity contribution in [2.45, 2.75) is 45.8 Å². The second-order valence-corrected chi connectivity index (χ2v) is 10.7. The van der Waals surface area contributed by atoms with Crippen LogP contribution in [0.3, 0.4) is 0 Å². The Morgan fingerprint density at radius 3 is 1.65 bits per heavy atom. The largest absolute Gasteiger partial charge is 0.436 e. The Labute approximate surface area is 251 Å². The normalized spacial score (nSPS) is 22.4. The molecule has 10 N–H and O–H groups in total. The van der Waals surface area contributed by atoms with Gasteiger partial charge in [0, 0.05) is 39.3 Å². The molecule has 0 bridgehead atoms. The second kappa shape index (κ2) is 15.6. The van der Waals surface area contributed by atoms with Crippen LogP contribution in [0.25, 0.3) is 0 Å². The smallest absolute Gasteiger partial charge is 0.397 e. The van der Waals surface area contributed by atoms with Gasteiger partial charge in [0.05, 0.1) is 6.54 Å². The molecule has 3 aliphatic heterocycles. The number of carbonyl (C=O) groups excluding carboxylic acids is 4. The number of nitrogens with one attached hydrogen (secondary N) is 6. The second-order valence-electron chi connectivity index (χ2n) is 10.7. The fourth-order valence-corrected chi connectivity index (χ4v) is 4.98. The van der Waals surface area contributed by atoms with E-state index >= 15 is 0 Å². The van der Waals surface area contributed by atoms with Gasteiger partial charge in [-0.25, -0.2) is 20.1 Å². The van der Waals surface area contributed by atoms with Crippen molar-refractivity contribution in [3.8, 4) is 0 Å². The van der Waals surface area contributed by atoms with Crippen molar-refractivity contribution in [1.29, 1.82) is 0 Å². The molecule has 3 atom stereocenters. The maximum atomic E-state index is 12.6. The van der Waals surface area contributed by atoms with E-state index < -0.39 is 70.3 Å². The molecule has 24 heteroatoms. The van der Waals surface area contributed by atoms with Crippen molar-refractivity contribution in [2.75, 3.05) is 52.9 Å². The number of likely N-dealkylation sites (N-methyl/N-ethyl adjacent to an activating group) is 1. The van der Waals surface area contributed by atoms with Crippen molar-refractivity contribution in [3.63, 3.8) is 0 Å². The summed E-state index contributed by atoms with van der Waals surface area (Å²) < 4.78 is 0. The van der Waals surface area contributed by atoms with Gasteiger partial charge in [-0.05, 0) is 34.3 Å². The zero-order chi connectivity index (χ0) is 32.0. The number of amides is 4. The molecule has 0 aromatic rings. The maximum Gasteiger partial charge on any atom is 0.397 e. The van der Waals surface area contributed by atoms with E-state index in [1.807, 2.05) is 4.90 Å². The molecule has 0 aromatic carbocycles. The Morgan fingerprint density at radius 1 is 0.767 bits per heavy atom. The zero-order valence-corrected chi connectivity index (χ0v) is 25.1. The molecule has 0 aliphatic carbocycles. The van der Waals surface area contributed by atoms with Crippen LogP contribution < -0.4 is 32.4 Å². The standard InChI is InChI=1S/C19H42B4N12O8/c1-20(40)29-25-13(36)12-31(17-14(37)26-33(17)21(2)41)10-8-30(7-6-24-5)9-11-32(18-15(38)27-34(18)22(3)42)19-16(39)28-35(19)23(4)43/h17-19,24,29,40-43H,6-12H2,1-5H3,(H,25,36)(H,26,37)(H,27,38)(H,28,39). The predicted octanol–water partition coefficient (Wildman–Crippen LogP) is -7.81. The van der Waals surface area contributed by atoms with Crippen LogP contribution in [-0.4, -0.2) is 173 Å². The van der Waals surface area contributed by atoms with E-state index in [4.69, 9.17) is 0 Å². The molecule has 0 aromatic heterocycles. The Kier molecular flexibility index (Phi) is 12.7. The van der Waals surface area contributed by atoms with E-state index in [9.17, 15) is 39.3 Å². The summed E-state index contributed by atoms with van der Waals surface area (Å²) >= 11 is 0. The summed E-state index contributed by atoms with van der Waals surface area (Å²) in [6.07, 6.45) is -2.86. The van der Waals surface area contributed by atoms with E-state index in [0.717, 1.165) is 0 Å². The molecule has 3 unspecified atom stereocenters. The van der Waals surface area contributed by atoms with Gasteiger partial charge in [0.2, 0.25) is 5.91 Å².